The number of aromatic nitrogens is 1. The zero-order valence-corrected chi connectivity index (χ0v) is 14.8. The van der Waals surface area contributed by atoms with Crippen LogP contribution in [0.3, 0.4) is 0 Å². The predicted molar refractivity (Wildman–Crippen MR) is 109 cm³/mol. The van der Waals surface area contributed by atoms with Gasteiger partial charge in [-0.25, -0.2) is 14.2 Å². The van der Waals surface area contributed by atoms with Gasteiger partial charge in [0, 0.05) is 10.9 Å². The van der Waals surface area contributed by atoms with E-state index < -0.39 is 11.8 Å². The molecule has 0 fully saturated rings. The second kappa shape index (κ2) is 7.45. The Morgan fingerprint density at radius 3 is 2.21 bits per heavy atom. The van der Waals surface area contributed by atoms with Crippen LogP contribution in [0.2, 0.25) is 0 Å². The van der Waals surface area contributed by atoms with Crippen LogP contribution in [0.5, 0.6) is 0 Å². The highest BCUT2D eigenvalue weighted by atomic mass is 19.1. The summed E-state index contributed by atoms with van der Waals surface area (Å²) in [4.78, 5) is 16.1. The van der Waals surface area contributed by atoms with Gasteiger partial charge in [0.05, 0.1) is 16.8 Å². The van der Waals surface area contributed by atoms with E-state index in [9.17, 15) is 14.3 Å². The summed E-state index contributed by atoms with van der Waals surface area (Å²) in [5.41, 5.74) is 3.95. The van der Waals surface area contributed by atoms with Crippen LogP contribution in [0.25, 0.3) is 34.3 Å². The minimum absolute atomic E-state index is 0.0348. The van der Waals surface area contributed by atoms with E-state index in [0.29, 0.717) is 16.6 Å². The lowest BCUT2D eigenvalue weighted by molar-refractivity contribution is 0.0699. The Kier molecular flexibility index (Phi) is 4.68. The van der Waals surface area contributed by atoms with Crippen molar-refractivity contribution in [2.45, 2.75) is 0 Å². The van der Waals surface area contributed by atoms with Gasteiger partial charge in [0.2, 0.25) is 0 Å². The summed E-state index contributed by atoms with van der Waals surface area (Å²) in [5.74, 6) is -1.60. The number of nitrogens with zero attached hydrogens (tertiary/aromatic N) is 1. The van der Waals surface area contributed by atoms with Gasteiger partial charge in [-0.1, -0.05) is 66.7 Å². The Balaban J connectivity index is 1.69. The lowest BCUT2D eigenvalue weighted by atomic mass is 10.0. The Morgan fingerprint density at radius 2 is 1.54 bits per heavy atom. The first kappa shape index (κ1) is 17.6. The molecule has 1 heterocycles. The van der Waals surface area contributed by atoms with Crippen LogP contribution in [-0.2, 0) is 0 Å². The number of halogens is 1. The van der Waals surface area contributed by atoms with Crippen LogP contribution in [0.15, 0.2) is 78.9 Å². The Morgan fingerprint density at radius 1 is 0.857 bits per heavy atom. The van der Waals surface area contributed by atoms with Crippen LogP contribution in [0.1, 0.15) is 21.5 Å². The van der Waals surface area contributed by atoms with Crippen molar-refractivity contribution < 1.29 is 14.3 Å². The molecule has 0 aliphatic carbocycles. The second-order valence-electron chi connectivity index (χ2n) is 6.39. The molecule has 0 saturated heterocycles. The van der Waals surface area contributed by atoms with E-state index in [2.05, 4.69) is 4.98 Å². The van der Waals surface area contributed by atoms with Crippen molar-refractivity contribution in [1.82, 2.24) is 4.98 Å². The van der Waals surface area contributed by atoms with Crippen LogP contribution in [0.4, 0.5) is 4.39 Å². The molecule has 4 rings (SSSR count). The molecule has 136 valence electrons. The van der Waals surface area contributed by atoms with Gasteiger partial charge in [-0.15, -0.1) is 0 Å². The van der Waals surface area contributed by atoms with Crippen LogP contribution < -0.4 is 0 Å². The number of benzene rings is 3. The van der Waals surface area contributed by atoms with Gasteiger partial charge in [-0.2, -0.15) is 0 Å². The molecular formula is C24H16FNO2. The van der Waals surface area contributed by atoms with E-state index in [4.69, 9.17) is 0 Å². The first-order chi connectivity index (χ1) is 13.6. The number of carboxylic acid groups (broad SMARTS) is 1. The fourth-order valence-electron chi connectivity index (χ4n) is 3.04. The Hall–Kier alpha value is -3.79. The summed E-state index contributed by atoms with van der Waals surface area (Å²) in [6, 6.07) is 23.2. The van der Waals surface area contributed by atoms with Crippen molar-refractivity contribution in [1.29, 1.82) is 0 Å². The molecule has 4 aromatic rings. The standard InChI is InChI=1S/C24H16FNO2/c25-19-12-13-22-20(14-19)21(24(27)28)15-23(26-22)18-10-8-17(9-11-18)7-6-16-4-2-1-3-5-16/h1-15H,(H,27,28)/b7-6+. The molecule has 3 aromatic carbocycles. The number of fused-ring (bicyclic) bond motifs is 1. The molecule has 28 heavy (non-hydrogen) atoms. The van der Waals surface area contributed by atoms with Crippen molar-refractivity contribution in [3.05, 3.63) is 101 Å². The van der Waals surface area contributed by atoms with Crippen LogP contribution in [-0.4, -0.2) is 16.1 Å². The molecule has 3 nitrogen and oxygen atoms in total. The van der Waals surface area contributed by atoms with Gasteiger partial charge < -0.3 is 5.11 Å². The third-order valence-corrected chi connectivity index (χ3v) is 4.48. The van der Waals surface area contributed by atoms with Gasteiger partial charge in [-0.3, -0.25) is 0 Å². The minimum Gasteiger partial charge on any atom is -0.478 e. The summed E-state index contributed by atoms with van der Waals surface area (Å²) in [6.45, 7) is 0. The van der Waals surface area contributed by atoms with E-state index in [1.165, 1.54) is 24.3 Å². The molecule has 0 bridgehead atoms. The minimum atomic E-state index is -1.11. The topological polar surface area (TPSA) is 50.2 Å². The number of carboxylic acids is 1. The quantitative estimate of drug-likeness (QED) is 0.455. The zero-order valence-electron chi connectivity index (χ0n) is 14.8. The maximum atomic E-state index is 13.5. The molecule has 0 amide bonds. The summed E-state index contributed by atoms with van der Waals surface area (Å²) >= 11 is 0. The first-order valence-corrected chi connectivity index (χ1v) is 8.77. The van der Waals surface area contributed by atoms with Crippen molar-refractivity contribution in [2.24, 2.45) is 0 Å². The van der Waals surface area contributed by atoms with E-state index >= 15 is 0 Å². The van der Waals surface area contributed by atoms with Gasteiger partial charge in [0.1, 0.15) is 5.82 Å². The first-order valence-electron chi connectivity index (χ1n) is 8.77. The molecule has 0 spiro atoms. The van der Waals surface area contributed by atoms with Crippen molar-refractivity contribution >= 4 is 29.0 Å². The summed E-state index contributed by atoms with van der Waals surface area (Å²) in [6.07, 6.45) is 4.04. The third kappa shape index (κ3) is 3.67. The molecule has 0 aliphatic heterocycles. The van der Waals surface area contributed by atoms with Crippen LogP contribution >= 0.6 is 0 Å². The van der Waals surface area contributed by atoms with Crippen molar-refractivity contribution in [3.8, 4) is 11.3 Å². The number of aromatic carboxylic acids is 1. The molecule has 0 radical (unpaired) electrons. The summed E-state index contributed by atoms with van der Waals surface area (Å²) in [7, 11) is 0. The largest absolute Gasteiger partial charge is 0.478 e. The number of pyridine rings is 1. The van der Waals surface area contributed by atoms with Crippen molar-refractivity contribution in [3.63, 3.8) is 0 Å². The maximum absolute atomic E-state index is 13.5. The molecule has 0 unspecified atom stereocenters. The SMILES string of the molecule is O=C(O)c1cc(-c2ccc(/C=C/c3ccccc3)cc2)nc2ccc(F)cc12. The van der Waals surface area contributed by atoms with E-state index in [1.807, 2.05) is 66.7 Å². The molecule has 4 heteroatoms. The fraction of sp³-hybridized carbons (Fsp3) is 0. The summed E-state index contributed by atoms with van der Waals surface area (Å²) < 4.78 is 13.5. The van der Waals surface area contributed by atoms with E-state index in [0.717, 1.165) is 16.7 Å². The highest BCUT2D eigenvalue weighted by molar-refractivity contribution is 6.03. The number of rotatable bonds is 4. The van der Waals surface area contributed by atoms with Gasteiger partial charge in [0.15, 0.2) is 0 Å². The molecule has 0 atom stereocenters. The molecule has 0 aliphatic rings. The number of carbonyl (C=O) groups is 1. The molecule has 1 N–H and O–H groups in total. The fourth-order valence-corrected chi connectivity index (χ4v) is 3.04. The maximum Gasteiger partial charge on any atom is 0.336 e. The van der Waals surface area contributed by atoms with Crippen molar-refractivity contribution in [2.75, 3.05) is 0 Å². The molecular weight excluding hydrogens is 353 g/mol. The smallest absolute Gasteiger partial charge is 0.336 e. The lowest BCUT2D eigenvalue weighted by Crippen LogP contribution is -2.00. The third-order valence-electron chi connectivity index (χ3n) is 4.48. The van der Waals surface area contributed by atoms with E-state index in [-0.39, 0.29) is 5.56 Å². The summed E-state index contributed by atoms with van der Waals surface area (Å²) in [5, 5.41) is 9.80. The van der Waals surface area contributed by atoms with E-state index in [1.54, 1.807) is 0 Å². The number of hydrogen-bond donors (Lipinski definition) is 1. The average Bonchev–Trinajstić information content (AvgIpc) is 2.72. The zero-order chi connectivity index (χ0) is 19.5. The van der Waals surface area contributed by atoms with Gasteiger partial charge in [0.25, 0.3) is 0 Å². The Bertz CT molecular complexity index is 1180. The second-order valence-corrected chi connectivity index (χ2v) is 6.39. The lowest BCUT2D eigenvalue weighted by Gasteiger charge is -2.08. The highest BCUT2D eigenvalue weighted by Crippen LogP contribution is 2.26. The number of hydrogen-bond acceptors (Lipinski definition) is 2. The molecule has 0 saturated carbocycles. The average molecular weight is 369 g/mol. The highest BCUT2D eigenvalue weighted by Gasteiger charge is 2.13. The predicted octanol–water partition coefficient (Wildman–Crippen LogP) is 5.91. The normalized spacial score (nSPS) is 11.2. The Labute approximate surface area is 161 Å². The molecule has 1 aromatic heterocycles. The van der Waals surface area contributed by atoms with Crippen LogP contribution in [0, 0.1) is 5.82 Å². The van der Waals surface area contributed by atoms with Gasteiger partial charge >= 0.3 is 5.97 Å². The monoisotopic (exact) mass is 369 g/mol. The van der Waals surface area contributed by atoms with Gasteiger partial charge in [-0.05, 0) is 35.4 Å².